The number of rotatable bonds is 6. The Morgan fingerprint density at radius 1 is 1.03 bits per heavy atom. The predicted molar refractivity (Wildman–Crippen MR) is 126 cm³/mol. The van der Waals surface area contributed by atoms with Gasteiger partial charge in [-0.25, -0.2) is 0 Å². The van der Waals surface area contributed by atoms with Crippen LogP contribution in [0.3, 0.4) is 0 Å². The molecule has 1 atom stereocenters. The van der Waals surface area contributed by atoms with Crippen LogP contribution in [0.1, 0.15) is 63.8 Å². The first-order valence-electron chi connectivity index (χ1n) is 11.2. The quantitative estimate of drug-likeness (QED) is 0.373. The Balaban J connectivity index is 1.33. The molecule has 5 rings (SSSR count). The van der Waals surface area contributed by atoms with Gasteiger partial charge in [0.15, 0.2) is 6.29 Å². The Bertz CT molecular complexity index is 1220. The van der Waals surface area contributed by atoms with Crippen LogP contribution >= 0.6 is 11.6 Å². The molecule has 1 heterocycles. The van der Waals surface area contributed by atoms with E-state index in [2.05, 4.69) is 0 Å². The first-order chi connectivity index (χ1) is 16.0. The molecule has 3 aromatic rings. The van der Waals surface area contributed by atoms with E-state index >= 15 is 0 Å². The number of amides is 1. The molecule has 3 aromatic carbocycles. The number of nitrogens with zero attached hydrogens (tertiary/aromatic N) is 1. The van der Waals surface area contributed by atoms with Crippen molar-refractivity contribution in [2.45, 2.75) is 44.6 Å². The third-order valence-corrected chi connectivity index (χ3v) is 6.89. The fourth-order valence-corrected chi connectivity index (χ4v) is 4.95. The lowest BCUT2D eigenvalue weighted by atomic mass is 10.0. The third kappa shape index (κ3) is 4.26. The Labute approximate surface area is 197 Å². The van der Waals surface area contributed by atoms with Crippen LogP contribution < -0.4 is 4.74 Å². The molecule has 0 spiro atoms. The number of carbonyl (C=O) groups excluding carboxylic acids is 2. The minimum Gasteiger partial charge on any atom is -0.461 e. The molecule has 1 unspecified atom stereocenters. The molecule has 0 bridgehead atoms. The lowest BCUT2D eigenvalue weighted by Gasteiger charge is -2.23. The number of hydrogen-bond acceptors (Lipinski definition) is 4. The van der Waals surface area contributed by atoms with Gasteiger partial charge in [0.1, 0.15) is 5.75 Å². The number of halogens is 1. The van der Waals surface area contributed by atoms with Crippen molar-refractivity contribution < 1.29 is 19.4 Å². The second kappa shape index (κ2) is 9.00. The van der Waals surface area contributed by atoms with Crippen LogP contribution in [0.25, 0.3) is 11.1 Å². The maximum absolute atomic E-state index is 12.8. The van der Waals surface area contributed by atoms with E-state index in [-0.39, 0.29) is 5.91 Å². The van der Waals surface area contributed by atoms with Crippen LogP contribution in [0, 0.1) is 0 Å². The lowest BCUT2D eigenvalue weighted by molar-refractivity contribution is -0.0194. The molecule has 0 saturated heterocycles. The normalized spacial score (nSPS) is 16.7. The van der Waals surface area contributed by atoms with Gasteiger partial charge in [0.05, 0.1) is 5.02 Å². The van der Waals surface area contributed by atoms with Crippen LogP contribution in [-0.2, 0) is 6.54 Å². The zero-order chi connectivity index (χ0) is 22.9. The van der Waals surface area contributed by atoms with Crippen molar-refractivity contribution in [2.24, 2.45) is 0 Å². The van der Waals surface area contributed by atoms with Gasteiger partial charge in [-0.3, -0.25) is 9.59 Å². The maximum atomic E-state index is 12.8. The summed E-state index contributed by atoms with van der Waals surface area (Å²) in [5.41, 5.74) is 4.31. The molecule has 1 N–H and O–H groups in total. The highest BCUT2D eigenvalue weighted by Gasteiger charge is 2.34. The third-order valence-electron chi connectivity index (χ3n) is 6.55. The van der Waals surface area contributed by atoms with Gasteiger partial charge in [-0.05, 0) is 65.9 Å². The largest absolute Gasteiger partial charge is 0.461 e. The van der Waals surface area contributed by atoms with Crippen molar-refractivity contribution in [3.05, 3.63) is 87.9 Å². The predicted octanol–water partition coefficient (Wildman–Crippen LogP) is 5.79. The smallest absolute Gasteiger partial charge is 0.254 e. The van der Waals surface area contributed by atoms with E-state index < -0.39 is 6.29 Å². The molecular weight excluding hydrogens is 438 g/mol. The Kier molecular flexibility index (Phi) is 5.92. The second-order valence-corrected chi connectivity index (χ2v) is 9.05. The Morgan fingerprint density at radius 2 is 1.82 bits per heavy atom. The molecule has 5 nitrogen and oxygen atoms in total. The molecule has 1 aliphatic heterocycles. The summed E-state index contributed by atoms with van der Waals surface area (Å²) in [6, 6.07) is 18.3. The zero-order valence-corrected chi connectivity index (χ0v) is 18.8. The summed E-state index contributed by atoms with van der Waals surface area (Å²) in [5, 5.41) is 11.1. The number of aldehydes is 1. The van der Waals surface area contributed by atoms with Crippen molar-refractivity contribution >= 4 is 23.8 Å². The molecule has 1 saturated carbocycles. The highest BCUT2D eigenvalue weighted by atomic mass is 35.5. The minimum atomic E-state index is -1.18. The van der Waals surface area contributed by atoms with E-state index in [1.54, 1.807) is 30.3 Å². The molecule has 168 valence electrons. The van der Waals surface area contributed by atoms with E-state index in [1.165, 1.54) is 12.8 Å². The Hall–Kier alpha value is -3.15. The molecular formula is C27H24ClNO4. The average molecular weight is 462 g/mol. The van der Waals surface area contributed by atoms with Crippen molar-refractivity contribution in [1.29, 1.82) is 0 Å². The van der Waals surface area contributed by atoms with Gasteiger partial charge in [-0.1, -0.05) is 48.7 Å². The number of benzene rings is 3. The summed E-state index contributed by atoms with van der Waals surface area (Å²) in [6.07, 6.45) is 4.04. The number of aliphatic hydroxyl groups is 1. The van der Waals surface area contributed by atoms with Gasteiger partial charge in [-0.2, -0.15) is 0 Å². The minimum absolute atomic E-state index is 0.0920. The summed E-state index contributed by atoms with van der Waals surface area (Å²) >= 11 is 6.04. The first kappa shape index (κ1) is 21.7. The van der Waals surface area contributed by atoms with E-state index in [4.69, 9.17) is 16.3 Å². The highest BCUT2D eigenvalue weighted by molar-refractivity contribution is 6.33. The van der Waals surface area contributed by atoms with E-state index in [0.29, 0.717) is 34.5 Å². The zero-order valence-electron chi connectivity index (χ0n) is 18.0. The van der Waals surface area contributed by atoms with Crippen LogP contribution in [0.5, 0.6) is 5.75 Å². The molecule has 1 aliphatic carbocycles. The number of aliphatic hydroxyl groups excluding tert-OH is 1. The number of hydrogen-bond donors (Lipinski definition) is 1. The summed E-state index contributed by atoms with van der Waals surface area (Å²) in [7, 11) is 0. The standard InChI is InChI=1S/C27H24ClNO4/c28-25-11-8-18(13-21(25)16-30)17-4-3-5-19(12-17)27(32)33-23-9-10-24-20(14-23)15-29(26(24)31)22-6-1-2-7-22/h3-5,8-14,16,22,27,32H,1-2,6-7,15H2. The fourth-order valence-electron chi connectivity index (χ4n) is 4.79. The van der Waals surface area contributed by atoms with Crippen molar-refractivity contribution in [1.82, 2.24) is 4.90 Å². The molecule has 33 heavy (non-hydrogen) atoms. The maximum Gasteiger partial charge on any atom is 0.254 e. The lowest BCUT2D eigenvalue weighted by Crippen LogP contribution is -2.33. The highest BCUT2D eigenvalue weighted by Crippen LogP contribution is 2.34. The van der Waals surface area contributed by atoms with Gasteiger partial charge < -0.3 is 14.7 Å². The number of carbonyl (C=O) groups is 2. The molecule has 6 heteroatoms. The summed E-state index contributed by atoms with van der Waals surface area (Å²) in [4.78, 5) is 26.0. The molecule has 1 fully saturated rings. The van der Waals surface area contributed by atoms with Crippen molar-refractivity contribution in [3.63, 3.8) is 0 Å². The molecule has 1 amide bonds. The van der Waals surface area contributed by atoms with Gasteiger partial charge >= 0.3 is 0 Å². The molecule has 0 aromatic heterocycles. The summed E-state index contributed by atoms with van der Waals surface area (Å²) in [5.74, 6) is 0.608. The van der Waals surface area contributed by atoms with Gasteiger partial charge in [0, 0.05) is 29.3 Å². The first-order valence-corrected chi connectivity index (χ1v) is 11.5. The van der Waals surface area contributed by atoms with Gasteiger partial charge in [-0.15, -0.1) is 0 Å². The SMILES string of the molecule is O=Cc1cc(-c2cccc(C(O)Oc3ccc4c(c3)CN(C3CCCC3)C4=O)c2)ccc1Cl. The van der Waals surface area contributed by atoms with Crippen molar-refractivity contribution in [2.75, 3.05) is 0 Å². The van der Waals surface area contributed by atoms with E-state index in [1.807, 2.05) is 35.2 Å². The van der Waals surface area contributed by atoms with Crippen LogP contribution in [0.4, 0.5) is 0 Å². The molecule has 0 radical (unpaired) electrons. The second-order valence-electron chi connectivity index (χ2n) is 8.64. The number of fused-ring (bicyclic) bond motifs is 1. The summed E-state index contributed by atoms with van der Waals surface area (Å²) < 4.78 is 5.82. The van der Waals surface area contributed by atoms with Crippen LogP contribution in [0.15, 0.2) is 60.7 Å². The van der Waals surface area contributed by atoms with Gasteiger partial charge in [0.25, 0.3) is 5.91 Å². The van der Waals surface area contributed by atoms with Crippen LogP contribution in [0.2, 0.25) is 5.02 Å². The van der Waals surface area contributed by atoms with E-state index in [9.17, 15) is 14.7 Å². The average Bonchev–Trinajstić information content (AvgIpc) is 3.47. The Morgan fingerprint density at radius 3 is 2.61 bits per heavy atom. The monoisotopic (exact) mass is 461 g/mol. The topological polar surface area (TPSA) is 66.8 Å². The fraction of sp³-hybridized carbons (Fsp3) is 0.259. The van der Waals surface area contributed by atoms with Gasteiger partial charge in [0.2, 0.25) is 6.29 Å². The van der Waals surface area contributed by atoms with Crippen molar-refractivity contribution in [3.8, 4) is 16.9 Å². The molecule has 2 aliphatic rings. The number of ether oxygens (including phenoxy) is 1. The van der Waals surface area contributed by atoms with Crippen LogP contribution in [-0.4, -0.2) is 28.2 Å². The van der Waals surface area contributed by atoms with E-state index in [0.717, 1.165) is 41.4 Å². The summed E-state index contributed by atoms with van der Waals surface area (Å²) in [6.45, 7) is 0.594.